The average molecular weight is 270 g/mol. The van der Waals surface area contributed by atoms with Gasteiger partial charge in [-0.1, -0.05) is 6.42 Å². The summed E-state index contributed by atoms with van der Waals surface area (Å²) in [6.07, 6.45) is 5.17. The second-order valence-corrected chi connectivity index (χ2v) is 5.62. The SMILES string of the molecule is CCOC(CCN1CCN2CCCCC2C1)OCC. The van der Waals surface area contributed by atoms with Crippen molar-refractivity contribution in [2.24, 2.45) is 0 Å². The predicted octanol–water partition coefficient (Wildman–Crippen LogP) is 1.95. The monoisotopic (exact) mass is 270 g/mol. The second kappa shape index (κ2) is 8.20. The third-order valence-electron chi connectivity index (χ3n) is 4.31. The van der Waals surface area contributed by atoms with Gasteiger partial charge in [0.15, 0.2) is 6.29 Å². The molecule has 0 saturated carbocycles. The first kappa shape index (κ1) is 15.2. The number of rotatable bonds is 7. The molecule has 0 spiro atoms. The molecule has 0 aliphatic carbocycles. The van der Waals surface area contributed by atoms with Crippen LogP contribution in [-0.2, 0) is 9.47 Å². The summed E-state index contributed by atoms with van der Waals surface area (Å²) in [5, 5.41) is 0. The van der Waals surface area contributed by atoms with Crippen LogP contribution in [-0.4, -0.2) is 68.1 Å². The zero-order chi connectivity index (χ0) is 13.5. The molecule has 0 radical (unpaired) electrons. The molecular weight excluding hydrogens is 240 g/mol. The largest absolute Gasteiger partial charge is 0.353 e. The normalized spacial score (nSPS) is 25.7. The first-order chi connectivity index (χ1) is 9.33. The van der Waals surface area contributed by atoms with Gasteiger partial charge in [-0.05, 0) is 33.2 Å². The van der Waals surface area contributed by atoms with Crippen LogP contribution in [0.5, 0.6) is 0 Å². The Balaban J connectivity index is 1.70. The molecule has 1 unspecified atom stereocenters. The maximum Gasteiger partial charge on any atom is 0.158 e. The molecule has 2 fully saturated rings. The quantitative estimate of drug-likeness (QED) is 0.660. The van der Waals surface area contributed by atoms with Gasteiger partial charge in [-0.3, -0.25) is 4.90 Å². The van der Waals surface area contributed by atoms with Crippen LogP contribution in [0.4, 0.5) is 0 Å². The molecule has 2 heterocycles. The number of nitrogens with zero attached hydrogens (tertiary/aromatic N) is 2. The average Bonchev–Trinajstić information content (AvgIpc) is 2.45. The first-order valence-electron chi connectivity index (χ1n) is 8.03. The molecule has 0 amide bonds. The summed E-state index contributed by atoms with van der Waals surface area (Å²) in [5.41, 5.74) is 0. The summed E-state index contributed by atoms with van der Waals surface area (Å²) in [4.78, 5) is 5.28. The van der Waals surface area contributed by atoms with E-state index in [4.69, 9.17) is 9.47 Å². The summed E-state index contributed by atoms with van der Waals surface area (Å²) in [6, 6.07) is 0.806. The van der Waals surface area contributed by atoms with E-state index in [1.807, 2.05) is 13.8 Å². The summed E-state index contributed by atoms with van der Waals surface area (Å²) in [7, 11) is 0. The molecule has 4 nitrogen and oxygen atoms in total. The molecule has 2 aliphatic rings. The van der Waals surface area contributed by atoms with Gasteiger partial charge in [0.25, 0.3) is 0 Å². The topological polar surface area (TPSA) is 24.9 Å². The highest BCUT2D eigenvalue weighted by molar-refractivity contribution is 4.85. The van der Waals surface area contributed by atoms with Crippen LogP contribution >= 0.6 is 0 Å². The zero-order valence-electron chi connectivity index (χ0n) is 12.6. The van der Waals surface area contributed by atoms with Gasteiger partial charge >= 0.3 is 0 Å². The molecule has 2 saturated heterocycles. The number of hydrogen-bond acceptors (Lipinski definition) is 4. The molecule has 2 aliphatic heterocycles. The second-order valence-electron chi connectivity index (χ2n) is 5.62. The molecule has 19 heavy (non-hydrogen) atoms. The molecule has 0 aromatic heterocycles. The van der Waals surface area contributed by atoms with Crippen molar-refractivity contribution >= 4 is 0 Å². The van der Waals surface area contributed by atoms with E-state index in [0.717, 1.165) is 32.2 Å². The standard InChI is InChI=1S/C15H30N2O2/c1-3-18-15(19-4-2)8-10-16-11-12-17-9-6-5-7-14(17)13-16/h14-15H,3-13H2,1-2H3. The van der Waals surface area contributed by atoms with E-state index >= 15 is 0 Å². The first-order valence-corrected chi connectivity index (χ1v) is 8.03. The number of fused-ring (bicyclic) bond motifs is 1. The Morgan fingerprint density at radius 3 is 2.58 bits per heavy atom. The fraction of sp³-hybridized carbons (Fsp3) is 1.00. The molecule has 2 rings (SSSR count). The molecule has 0 aromatic rings. The van der Waals surface area contributed by atoms with E-state index in [1.54, 1.807) is 0 Å². The van der Waals surface area contributed by atoms with Gasteiger partial charge in [-0.15, -0.1) is 0 Å². The van der Waals surface area contributed by atoms with Crippen LogP contribution in [0.15, 0.2) is 0 Å². The van der Waals surface area contributed by atoms with Crippen molar-refractivity contribution in [3.05, 3.63) is 0 Å². The van der Waals surface area contributed by atoms with E-state index in [-0.39, 0.29) is 6.29 Å². The lowest BCUT2D eigenvalue weighted by Crippen LogP contribution is -2.55. The smallest absolute Gasteiger partial charge is 0.158 e. The van der Waals surface area contributed by atoms with Crippen molar-refractivity contribution in [3.63, 3.8) is 0 Å². The molecule has 4 heteroatoms. The van der Waals surface area contributed by atoms with Gasteiger partial charge in [0.2, 0.25) is 0 Å². The highest BCUT2D eigenvalue weighted by atomic mass is 16.7. The van der Waals surface area contributed by atoms with Crippen molar-refractivity contribution in [3.8, 4) is 0 Å². The summed E-state index contributed by atoms with van der Waals surface area (Å²) in [6.45, 7) is 11.7. The summed E-state index contributed by atoms with van der Waals surface area (Å²) < 4.78 is 11.2. The minimum absolute atomic E-state index is 0.0145. The summed E-state index contributed by atoms with van der Waals surface area (Å²) >= 11 is 0. The van der Waals surface area contributed by atoms with E-state index in [2.05, 4.69) is 9.80 Å². The molecule has 112 valence electrons. The van der Waals surface area contributed by atoms with Gasteiger partial charge in [0.1, 0.15) is 0 Å². The molecular formula is C15H30N2O2. The maximum absolute atomic E-state index is 5.62. The van der Waals surface area contributed by atoms with Gasteiger partial charge in [-0.2, -0.15) is 0 Å². The van der Waals surface area contributed by atoms with Crippen LogP contribution in [0.25, 0.3) is 0 Å². The Bertz CT molecular complexity index is 244. The van der Waals surface area contributed by atoms with Crippen molar-refractivity contribution in [2.75, 3.05) is 45.9 Å². The van der Waals surface area contributed by atoms with E-state index in [1.165, 1.54) is 45.4 Å². The van der Waals surface area contributed by atoms with Crippen LogP contribution in [0.2, 0.25) is 0 Å². The van der Waals surface area contributed by atoms with Crippen LogP contribution in [0.1, 0.15) is 39.5 Å². The number of piperazine rings is 1. The van der Waals surface area contributed by atoms with Crippen molar-refractivity contribution in [2.45, 2.75) is 51.9 Å². The maximum atomic E-state index is 5.62. The van der Waals surface area contributed by atoms with Crippen LogP contribution < -0.4 is 0 Å². The lowest BCUT2D eigenvalue weighted by Gasteiger charge is -2.44. The van der Waals surface area contributed by atoms with E-state index < -0.39 is 0 Å². The Kier molecular flexibility index (Phi) is 6.57. The van der Waals surface area contributed by atoms with E-state index in [9.17, 15) is 0 Å². The zero-order valence-corrected chi connectivity index (χ0v) is 12.6. The Hall–Kier alpha value is -0.160. The van der Waals surface area contributed by atoms with Crippen LogP contribution in [0, 0.1) is 0 Å². The highest BCUT2D eigenvalue weighted by Crippen LogP contribution is 2.21. The fourth-order valence-corrected chi connectivity index (χ4v) is 3.30. The number of piperidine rings is 1. The minimum atomic E-state index is -0.0145. The lowest BCUT2D eigenvalue weighted by atomic mass is 9.99. The number of ether oxygens (including phenoxy) is 2. The molecule has 0 N–H and O–H groups in total. The molecule has 0 bridgehead atoms. The predicted molar refractivity (Wildman–Crippen MR) is 77.3 cm³/mol. The lowest BCUT2D eigenvalue weighted by molar-refractivity contribution is -0.142. The van der Waals surface area contributed by atoms with Gasteiger partial charge < -0.3 is 14.4 Å². The van der Waals surface area contributed by atoms with Crippen molar-refractivity contribution in [1.29, 1.82) is 0 Å². The molecule has 1 atom stereocenters. The number of hydrogen-bond donors (Lipinski definition) is 0. The highest BCUT2D eigenvalue weighted by Gasteiger charge is 2.28. The third-order valence-corrected chi connectivity index (χ3v) is 4.31. The van der Waals surface area contributed by atoms with Gasteiger partial charge in [0.05, 0.1) is 0 Å². The van der Waals surface area contributed by atoms with Gasteiger partial charge in [0, 0.05) is 51.9 Å². The molecule has 0 aromatic carbocycles. The van der Waals surface area contributed by atoms with Crippen molar-refractivity contribution in [1.82, 2.24) is 9.80 Å². The Labute approximate surface area is 118 Å². The Morgan fingerprint density at radius 2 is 1.84 bits per heavy atom. The fourth-order valence-electron chi connectivity index (χ4n) is 3.30. The van der Waals surface area contributed by atoms with Crippen LogP contribution in [0.3, 0.4) is 0 Å². The van der Waals surface area contributed by atoms with Gasteiger partial charge in [-0.25, -0.2) is 0 Å². The third kappa shape index (κ3) is 4.71. The Morgan fingerprint density at radius 1 is 1.05 bits per heavy atom. The minimum Gasteiger partial charge on any atom is -0.353 e. The van der Waals surface area contributed by atoms with E-state index in [0.29, 0.717) is 0 Å². The summed E-state index contributed by atoms with van der Waals surface area (Å²) in [5.74, 6) is 0. The van der Waals surface area contributed by atoms with Crippen molar-refractivity contribution < 1.29 is 9.47 Å².